The summed E-state index contributed by atoms with van der Waals surface area (Å²) in [6.07, 6.45) is 3.60. The van der Waals surface area contributed by atoms with Gasteiger partial charge in [-0.25, -0.2) is 4.79 Å². The molecule has 3 heterocycles. The highest BCUT2D eigenvalue weighted by molar-refractivity contribution is 5.65. The molecular formula is C13H17N3O3. The Morgan fingerprint density at radius 1 is 1.47 bits per heavy atom. The number of anilines is 1. The number of rotatable bonds is 2. The van der Waals surface area contributed by atoms with Crippen molar-refractivity contribution in [2.45, 2.75) is 12.5 Å². The van der Waals surface area contributed by atoms with Crippen LogP contribution in [0.5, 0.6) is 5.75 Å². The molecule has 6 heteroatoms. The van der Waals surface area contributed by atoms with Gasteiger partial charge in [0.1, 0.15) is 5.75 Å². The molecule has 2 atom stereocenters. The zero-order chi connectivity index (χ0) is 13.4. The highest BCUT2D eigenvalue weighted by atomic mass is 16.5. The Hall–Kier alpha value is -1.98. The van der Waals surface area contributed by atoms with Gasteiger partial charge in [-0.15, -0.1) is 0 Å². The maximum Gasteiger partial charge on any atom is 0.407 e. The lowest BCUT2D eigenvalue weighted by Crippen LogP contribution is -2.65. The average molecular weight is 263 g/mol. The number of fused-ring (bicyclic) bond motifs is 1. The van der Waals surface area contributed by atoms with E-state index in [1.54, 1.807) is 19.5 Å². The second-order valence-electron chi connectivity index (χ2n) is 5.08. The van der Waals surface area contributed by atoms with Crippen LogP contribution in [0.15, 0.2) is 18.5 Å². The first-order valence-corrected chi connectivity index (χ1v) is 6.42. The summed E-state index contributed by atoms with van der Waals surface area (Å²) < 4.78 is 5.18. The van der Waals surface area contributed by atoms with Crippen LogP contribution in [0.3, 0.4) is 0 Å². The van der Waals surface area contributed by atoms with Gasteiger partial charge in [-0.1, -0.05) is 0 Å². The normalized spacial score (nSPS) is 25.5. The van der Waals surface area contributed by atoms with Crippen molar-refractivity contribution in [3.63, 3.8) is 0 Å². The lowest BCUT2D eigenvalue weighted by molar-refractivity contribution is 0.0945. The molecule has 0 unspecified atom stereocenters. The number of aromatic nitrogens is 1. The summed E-state index contributed by atoms with van der Waals surface area (Å²) >= 11 is 0. The van der Waals surface area contributed by atoms with Gasteiger partial charge in [0.2, 0.25) is 0 Å². The summed E-state index contributed by atoms with van der Waals surface area (Å²) in [4.78, 5) is 18.9. The van der Waals surface area contributed by atoms with Crippen LogP contribution < -0.4 is 9.64 Å². The highest BCUT2D eigenvalue weighted by Crippen LogP contribution is 2.37. The van der Waals surface area contributed by atoms with Crippen molar-refractivity contribution in [1.82, 2.24) is 9.88 Å². The van der Waals surface area contributed by atoms with E-state index in [0.29, 0.717) is 19.0 Å². The first-order valence-electron chi connectivity index (χ1n) is 6.42. The van der Waals surface area contributed by atoms with Crippen molar-refractivity contribution in [2.75, 3.05) is 31.6 Å². The molecular weight excluding hydrogens is 246 g/mol. The Labute approximate surface area is 111 Å². The van der Waals surface area contributed by atoms with E-state index in [2.05, 4.69) is 9.88 Å². The minimum absolute atomic E-state index is 0.277. The minimum Gasteiger partial charge on any atom is -0.495 e. The predicted octanol–water partition coefficient (Wildman–Crippen LogP) is 1.28. The second kappa shape index (κ2) is 4.60. The van der Waals surface area contributed by atoms with Crippen LogP contribution in [0.2, 0.25) is 0 Å². The number of carbonyl (C=O) groups is 1. The number of amides is 1. The van der Waals surface area contributed by atoms with Crippen LogP contribution in [0.25, 0.3) is 0 Å². The maximum atomic E-state index is 11.0. The average Bonchev–Trinajstić information content (AvgIpc) is 2.40. The van der Waals surface area contributed by atoms with Crippen LogP contribution in [-0.4, -0.2) is 53.9 Å². The highest BCUT2D eigenvalue weighted by Gasteiger charge is 2.43. The van der Waals surface area contributed by atoms with Crippen molar-refractivity contribution in [3.05, 3.63) is 18.5 Å². The van der Waals surface area contributed by atoms with Gasteiger partial charge >= 0.3 is 6.09 Å². The molecule has 2 fully saturated rings. The van der Waals surface area contributed by atoms with Crippen molar-refractivity contribution in [3.8, 4) is 5.75 Å². The summed E-state index contributed by atoms with van der Waals surface area (Å²) in [5.41, 5.74) is 1.01. The number of nitrogens with zero attached hydrogens (tertiary/aromatic N) is 3. The van der Waals surface area contributed by atoms with Crippen LogP contribution in [0.4, 0.5) is 10.5 Å². The molecule has 2 aliphatic rings. The van der Waals surface area contributed by atoms with E-state index in [0.717, 1.165) is 24.4 Å². The Bertz CT molecular complexity index is 494. The van der Waals surface area contributed by atoms with Crippen LogP contribution in [0.1, 0.15) is 6.42 Å². The third kappa shape index (κ3) is 2.07. The summed E-state index contributed by atoms with van der Waals surface area (Å²) in [7, 11) is 1.62. The van der Waals surface area contributed by atoms with Gasteiger partial charge in [-0.2, -0.15) is 0 Å². The number of hydrogen-bond acceptors (Lipinski definition) is 4. The van der Waals surface area contributed by atoms with Gasteiger partial charge in [-0.3, -0.25) is 4.98 Å². The quantitative estimate of drug-likeness (QED) is 0.870. The van der Waals surface area contributed by atoms with Crippen molar-refractivity contribution >= 4 is 11.8 Å². The van der Waals surface area contributed by atoms with E-state index >= 15 is 0 Å². The molecule has 0 aliphatic carbocycles. The third-order valence-electron chi connectivity index (χ3n) is 4.09. The minimum atomic E-state index is -0.825. The number of likely N-dealkylation sites (tertiary alicyclic amines) is 1. The summed E-state index contributed by atoms with van der Waals surface area (Å²) in [5.74, 6) is 1.33. The monoisotopic (exact) mass is 263 g/mol. The molecule has 1 amide bonds. The van der Waals surface area contributed by atoms with Crippen molar-refractivity contribution in [1.29, 1.82) is 0 Å². The Morgan fingerprint density at radius 3 is 3.05 bits per heavy atom. The third-order valence-corrected chi connectivity index (χ3v) is 4.09. The number of carboxylic acid groups (broad SMARTS) is 1. The molecule has 1 aromatic rings. The first-order chi connectivity index (χ1) is 9.19. The number of pyridine rings is 1. The standard InChI is InChI=1S/C13H17N3O3/c1-19-11-4-10(5-14-6-11)16-7-9-2-3-15(13(17)18)8-12(9)16/h4-6,9,12H,2-3,7-8H2,1H3,(H,17,18)/t9-,12-/m1/s1. The lowest BCUT2D eigenvalue weighted by atomic mass is 9.82. The SMILES string of the molecule is COc1cncc(N2C[C@H]3CCN(C(=O)O)C[C@H]32)c1. The van der Waals surface area contributed by atoms with Gasteiger partial charge in [0, 0.05) is 31.6 Å². The fourth-order valence-corrected chi connectivity index (χ4v) is 2.94. The van der Waals surface area contributed by atoms with Gasteiger partial charge in [-0.05, 0) is 6.42 Å². The summed E-state index contributed by atoms with van der Waals surface area (Å²) in [6.45, 7) is 2.21. The molecule has 0 aromatic carbocycles. The molecule has 0 spiro atoms. The van der Waals surface area contributed by atoms with Crippen molar-refractivity contribution < 1.29 is 14.6 Å². The fraction of sp³-hybridized carbons (Fsp3) is 0.538. The summed E-state index contributed by atoms with van der Waals surface area (Å²) in [6, 6.07) is 2.22. The molecule has 3 rings (SSSR count). The van der Waals surface area contributed by atoms with Crippen LogP contribution in [-0.2, 0) is 0 Å². The van der Waals surface area contributed by atoms with E-state index in [-0.39, 0.29) is 6.04 Å². The molecule has 2 saturated heterocycles. The molecule has 19 heavy (non-hydrogen) atoms. The molecule has 0 saturated carbocycles. The first kappa shape index (κ1) is 12.1. The molecule has 102 valence electrons. The summed E-state index contributed by atoms with van der Waals surface area (Å²) in [5, 5.41) is 9.08. The Balaban J connectivity index is 1.75. The second-order valence-corrected chi connectivity index (χ2v) is 5.08. The largest absolute Gasteiger partial charge is 0.495 e. The molecule has 1 N–H and O–H groups in total. The number of piperidine rings is 1. The van der Waals surface area contributed by atoms with Gasteiger partial charge in [0.05, 0.1) is 31.2 Å². The zero-order valence-corrected chi connectivity index (χ0v) is 10.8. The molecule has 0 radical (unpaired) electrons. The topological polar surface area (TPSA) is 65.9 Å². The number of hydrogen-bond donors (Lipinski definition) is 1. The number of ether oxygens (including phenoxy) is 1. The predicted molar refractivity (Wildman–Crippen MR) is 69.6 cm³/mol. The Morgan fingerprint density at radius 2 is 2.32 bits per heavy atom. The lowest BCUT2D eigenvalue weighted by Gasteiger charge is -2.54. The number of methoxy groups -OCH3 is 1. The smallest absolute Gasteiger partial charge is 0.407 e. The molecule has 2 aliphatic heterocycles. The molecule has 1 aromatic heterocycles. The maximum absolute atomic E-state index is 11.0. The van der Waals surface area contributed by atoms with Crippen LogP contribution >= 0.6 is 0 Å². The van der Waals surface area contributed by atoms with E-state index in [1.807, 2.05) is 6.07 Å². The van der Waals surface area contributed by atoms with E-state index in [1.165, 1.54) is 4.90 Å². The zero-order valence-electron chi connectivity index (χ0n) is 10.8. The van der Waals surface area contributed by atoms with E-state index in [4.69, 9.17) is 9.84 Å². The van der Waals surface area contributed by atoms with Crippen LogP contribution in [0, 0.1) is 5.92 Å². The van der Waals surface area contributed by atoms with Gasteiger partial charge in [0.25, 0.3) is 0 Å². The molecule has 6 nitrogen and oxygen atoms in total. The van der Waals surface area contributed by atoms with E-state index < -0.39 is 6.09 Å². The van der Waals surface area contributed by atoms with Crippen molar-refractivity contribution in [2.24, 2.45) is 5.92 Å². The van der Waals surface area contributed by atoms with E-state index in [9.17, 15) is 4.79 Å². The molecule has 0 bridgehead atoms. The van der Waals surface area contributed by atoms with Gasteiger partial charge < -0.3 is 19.6 Å². The Kier molecular flexibility index (Phi) is 2.93. The fourth-order valence-electron chi connectivity index (χ4n) is 2.94. The van der Waals surface area contributed by atoms with Gasteiger partial charge in [0.15, 0.2) is 0 Å².